The molecule has 1 atom stereocenters. The average molecular weight is 331 g/mol. The summed E-state index contributed by atoms with van der Waals surface area (Å²) in [5.41, 5.74) is 7.79. The summed E-state index contributed by atoms with van der Waals surface area (Å²) < 4.78 is 5.45. The molecular formula is C16H17N3O3S. The minimum absolute atomic E-state index is 0. The van der Waals surface area contributed by atoms with Crippen LogP contribution in [-0.4, -0.2) is 9.91 Å². The van der Waals surface area contributed by atoms with Gasteiger partial charge in [-0.05, 0) is 23.4 Å². The highest BCUT2D eigenvalue weighted by Crippen LogP contribution is 2.26. The number of nitrogens with zero attached hydrogens (tertiary/aromatic N) is 2. The summed E-state index contributed by atoms with van der Waals surface area (Å²) in [5, 5.41) is 12.6. The third kappa shape index (κ3) is 3.82. The quantitative estimate of drug-likeness (QED) is 0.558. The maximum Gasteiger partial charge on any atom is 0.269 e. The highest BCUT2D eigenvalue weighted by atomic mass is 32.1. The molecule has 0 fully saturated rings. The maximum absolute atomic E-state index is 10.6. The number of nitrogens with two attached hydrogens (primary N) is 1. The van der Waals surface area contributed by atoms with Crippen molar-refractivity contribution in [2.45, 2.75) is 19.9 Å². The lowest BCUT2D eigenvalue weighted by Crippen LogP contribution is -2.13. The lowest BCUT2D eigenvalue weighted by Gasteiger charge is -2.07. The largest absolute Gasteiger partial charge is 0.443 e. The zero-order valence-electron chi connectivity index (χ0n) is 11.5. The third-order valence-corrected chi connectivity index (χ3v) is 4.09. The topological polar surface area (TPSA) is 95.2 Å². The van der Waals surface area contributed by atoms with Crippen LogP contribution in [0.5, 0.6) is 0 Å². The number of hydrogen-bond donors (Lipinski definition) is 1. The van der Waals surface area contributed by atoms with Gasteiger partial charge in [0.1, 0.15) is 6.26 Å². The van der Waals surface area contributed by atoms with E-state index >= 15 is 0 Å². The summed E-state index contributed by atoms with van der Waals surface area (Å²) in [5.74, 6) is 0.559. The molecule has 0 radical (unpaired) electrons. The fourth-order valence-electron chi connectivity index (χ4n) is 2.08. The molecule has 3 rings (SSSR count). The molecule has 1 aromatic carbocycles. The Bertz CT molecular complexity index is 766. The number of oxazole rings is 1. The summed E-state index contributed by atoms with van der Waals surface area (Å²) in [4.78, 5) is 15.6. The number of benzene rings is 1. The molecule has 2 heterocycles. The number of non-ortho nitro benzene ring substituents is 1. The van der Waals surface area contributed by atoms with Crippen molar-refractivity contribution in [3.05, 3.63) is 69.4 Å². The fourth-order valence-corrected chi connectivity index (χ4v) is 2.74. The summed E-state index contributed by atoms with van der Waals surface area (Å²) in [6, 6.07) is 9.90. The van der Waals surface area contributed by atoms with E-state index in [1.165, 1.54) is 12.1 Å². The van der Waals surface area contributed by atoms with E-state index in [0.29, 0.717) is 18.0 Å². The smallest absolute Gasteiger partial charge is 0.269 e. The van der Waals surface area contributed by atoms with E-state index in [2.05, 4.69) is 4.98 Å². The molecule has 7 heteroatoms. The van der Waals surface area contributed by atoms with Crippen LogP contribution in [0.2, 0.25) is 0 Å². The summed E-state index contributed by atoms with van der Waals surface area (Å²) in [6.45, 7) is 0. The molecule has 0 aliphatic heterocycles. The van der Waals surface area contributed by atoms with E-state index in [9.17, 15) is 10.1 Å². The summed E-state index contributed by atoms with van der Waals surface area (Å²) >= 11 is 1.55. The Morgan fingerprint density at radius 3 is 2.65 bits per heavy atom. The highest BCUT2D eigenvalue weighted by Gasteiger charge is 2.15. The number of nitro groups is 1. The van der Waals surface area contributed by atoms with Crippen LogP contribution in [0.3, 0.4) is 0 Å². The maximum atomic E-state index is 10.6. The molecule has 0 aliphatic carbocycles. The van der Waals surface area contributed by atoms with E-state index in [4.69, 9.17) is 10.2 Å². The van der Waals surface area contributed by atoms with Crippen LogP contribution in [0.15, 0.2) is 52.5 Å². The summed E-state index contributed by atoms with van der Waals surface area (Å²) in [7, 11) is 0. The minimum Gasteiger partial charge on any atom is -0.443 e. The fraction of sp³-hybridized carbons (Fsp3) is 0.188. The van der Waals surface area contributed by atoms with Crippen LogP contribution in [-0.2, 0) is 6.42 Å². The Hall–Kier alpha value is -2.51. The van der Waals surface area contributed by atoms with Gasteiger partial charge >= 0.3 is 0 Å². The Kier molecular flexibility index (Phi) is 5.25. The molecule has 23 heavy (non-hydrogen) atoms. The molecule has 3 aromatic rings. The molecule has 120 valence electrons. The van der Waals surface area contributed by atoms with Crippen LogP contribution >= 0.6 is 11.3 Å². The first kappa shape index (κ1) is 16.9. The van der Waals surface area contributed by atoms with Crippen LogP contribution in [0, 0.1) is 10.1 Å². The van der Waals surface area contributed by atoms with Crippen molar-refractivity contribution >= 4 is 17.0 Å². The molecule has 0 saturated heterocycles. The van der Waals surface area contributed by atoms with Crippen molar-refractivity contribution in [2.75, 3.05) is 0 Å². The number of nitro benzene ring substituents is 1. The van der Waals surface area contributed by atoms with Gasteiger partial charge in [-0.1, -0.05) is 25.6 Å². The van der Waals surface area contributed by atoms with E-state index in [0.717, 1.165) is 10.4 Å². The predicted octanol–water partition coefficient (Wildman–Crippen LogP) is 4.19. The van der Waals surface area contributed by atoms with E-state index in [1.54, 1.807) is 29.7 Å². The number of rotatable bonds is 5. The van der Waals surface area contributed by atoms with Crippen molar-refractivity contribution in [1.82, 2.24) is 4.98 Å². The Labute approximate surface area is 137 Å². The van der Waals surface area contributed by atoms with Gasteiger partial charge in [-0.3, -0.25) is 10.1 Å². The molecule has 0 aliphatic rings. The molecular weight excluding hydrogens is 314 g/mol. The van der Waals surface area contributed by atoms with Gasteiger partial charge in [0.15, 0.2) is 0 Å². The Balaban J connectivity index is 0.00000192. The van der Waals surface area contributed by atoms with E-state index in [1.807, 2.05) is 17.5 Å². The van der Waals surface area contributed by atoms with Crippen molar-refractivity contribution in [2.24, 2.45) is 5.73 Å². The zero-order chi connectivity index (χ0) is 15.5. The standard InChI is InChI=1S/C15H13N3O3S.CH4/c16-12(8-10-3-5-11(6-4-10)18(19)20)13-9-21-15(17-13)14-2-1-7-22-14;/h1-7,9,12H,8,16H2;1H4/t12-;/m0./s1. The van der Waals surface area contributed by atoms with Gasteiger partial charge in [-0.15, -0.1) is 11.3 Å². The lowest BCUT2D eigenvalue weighted by molar-refractivity contribution is -0.384. The van der Waals surface area contributed by atoms with Crippen molar-refractivity contribution < 1.29 is 9.34 Å². The van der Waals surface area contributed by atoms with Gasteiger partial charge in [0, 0.05) is 12.1 Å². The minimum atomic E-state index is -0.422. The molecule has 6 nitrogen and oxygen atoms in total. The molecule has 0 spiro atoms. The summed E-state index contributed by atoms with van der Waals surface area (Å²) in [6.07, 6.45) is 2.10. The molecule has 2 aromatic heterocycles. The number of hydrogen-bond acceptors (Lipinski definition) is 6. The predicted molar refractivity (Wildman–Crippen MR) is 90.3 cm³/mol. The normalized spacial score (nSPS) is 11.7. The molecule has 0 unspecified atom stereocenters. The first-order valence-electron chi connectivity index (χ1n) is 6.61. The Morgan fingerprint density at radius 2 is 2.04 bits per heavy atom. The van der Waals surface area contributed by atoms with Crippen LogP contribution in [0.1, 0.15) is 24.7 Å². The molecule has 0 amide bonds. The molecule has 0 saturated carbocycles. The van der Waals surface area contributed by atoms with Gasteiger partial charge in [-0.25, -0.2) is 4.98 Å². The van der Waals surface area contributed by atoms with Crippen LogP contribution < -0.4 is 5.73 Å². The van der Waals surface area contributed by atoms with Crippen LogP contribution in [0.25, 0.3) is 10.8 Å². The monoisotopic (exact) mass is 331 g/mol. The zero-order valence-corrected chi connectivity index (χ0v) is 12.3. The van der Waals surface area contributed by atoms with E-state index < -0.39 is 4.92 Å². The first-order chi connectivity index (χ1) is 10.6. The second-order valence-electron chi connectivity index (χ2n) is 4.79. The second-order valence-corrected chi connectivity index (χ2v) is 5.74. The van der Waals surface area contributed by atoms with Gasteiger partial charge < -0.3 is 10.2 Å². The van der Waals surface area contributed by atoms with Gasteiger partial charge in [0.2, 0.25) is 5.89 Å². The van der Waals surface area contributed by atoms with Crippen molar-refractivity contribution in [1.29, 1.82) is 0 Å². The third-order valence-electron chi connectivity index (χ3n) is 3.24. The van der Waals surface area contributed by atoms with Gasteiger partial charge in [0.25, 0.3) is 5.69 Å². The van der Waals surface area contributed by atoms with Crippen molar-refractivity contribution in [3.63, 3.8) is 0 Å². The second kappa shape index (κ2) is 7.17. The molecule has 0 bridgehead atoms. The molecule has 2 N–H and O–H groups in total. The highest BCUT2D eigenvalue weighted by molar-refractivity contribution is 7.13. The van der Waals surface area contributed by atoms with Gasteiger partial charge in [-0.2, -0.15) is 0 Å². The number of aromatic nitrogens is 1. The Morgan fingerprint density at radius 1 is 1.30 bits per heavy atom. The number of thiophene rings is 1. The first-order valence-corrected chi connectivity index (χ1v) is 7.49. The van der Waals surface area contributed by atoms with E-state index in [-0.39, 0.29) is 19.2 Å². The SMILES string of the molecule is C.N[C@@H](Cc1ccc([N+](=O)[O-])cc1)c1coc(-c2cccs2)n1. The lowest BCUT2D eigenvalue weighted by atomic mass is 10.0. The average Bonchev–Trinajstić information content (AvgIpc) is 3.19. The van der Waals surface area contributed by atoms with Crippen LogP contribution in [0.4, 0.5) is 5.69 Å². The van der Waals surface area contributed by atoms with Crippen molar-refractivity contribution in [3.8, 4) is 10.8 Å². The van der Waals surface area contributed by atoms with Gasteiger partial charge in [0.05, 0.1) is 21.5 Å².